The van der Waals surface area contributed by atoms with Gasteiger partial charge in [0, 0.05) is 12.7 Å². The zero-order valence-corrected chi connectivity index (χ0v) is 12.8. The van der Waals surface area contributed by atoms with Crippen molar-refractivity contribution in [2.75, 3.05) is 13.1 Å². The van der Waals surface area contributed by atoms with Gasteiger partial charge in [0.15, 0.2) is 0 Å². The molecule has 1 spiro atoms. The quantitative estimate of drug-likeness (QED) is 0.924. The van der Waals surface area contributed by atoms with E-state index in [0.717, 1.165) is 11.5 Å². The van der Waals surface area contributed by atoms with E-state index in [9.17, 15) is 0 Å². The van der Waals surface area contributed by atoms with E-state index in [4.69, 9.17) is 4.74 Å². The lowest BCUT2D eigenvalue weighted by molar-refractivity contribution is 0.331. The Morgan fingerprint density at radius 2 is 2.00 bits per heavy atom. The standard InChI is InChI=1S/C19H22N2O/c1-2-4-17(5-3-1)22-18-10-16(12-21-13-18)15-6-7-19(11-15)8-9-20-14-19/h1-5,10,12-13,15,20H,6-9,11,14H2. The van der Waals surface area contributed by atoms with Crippen LogP contribution in [0.15, 0.2) is 48.8 Å². The van der Waals surface area contributed by atoms with Gasteiger partial charge in [-0.15, -0.1) is 0 Å². The predicted molar refractivity (Wildman–Crippen MR) is 87.3 cm³/mol. The maximum absolute atomic E-state index is 5.92. The molecule has 2 fully saturated rings. The minimum atomic E-state index is 0.543. The van der Waals surface area contributed by atoms with Crippen molar-refractivity contribution in [1.82, 2.24) is 10.3 Å². The molecule has 1 aromatic carbocycles. The average molecular weight is 294 g/mol. The van der Waals surface area contributed by atoms with Crippen LogP contribution < -0.4 is 10.1 Å². The Balaban J connectivity index is 1.50. The van der Waals surface area contributed by atoms with Crippen LogP contribution in [-0.2, 0) is 0 Å². The number of aromatic nitrogens is 1. The summed E-state index contributed by atoms with van der Waals surface area (Å²) in [5.74, 6) is 2.34. The predicted octanol–water partition coefficient (Wildman–Crippen LogP) is 4.12. The summed E-state index contributed by atoms with van der Waals surface area (Å²) < 4.78 is 5.92. The molecule has 22 heavy (non-hydrogen) atoms. The zero-order valence-electron chi connectivity index (χ0n) is 12.8. The molecule has 3 nitrogen and oxygen atoms in total. The third kappa shape index (κ3) is 2.73. The summed E-state index contributed by atoms with van der Waals surface area (Å²) in [6.07, 6.45) is 9.06. The Kier molecular flexibility index (Phi) is 3.59. The van der Waals surface area contributed by atoms with Crippen molar-refractivity contribution in [3.8, 4) is 11.5 Å². The number of hydrogen-bond acceptors (Lipinski definition) is 3. The first-order valence-corrected chi connectivity index (χ1v) is 8.22. The second-order valence-corrected chi connectivity index (χ2v) is 6.74. The monoisotopic (exact) mass is 294 g/mol. The molecule has 3 heteroatoms. The van der Waals surface area contributed by atoms with Crippen molar-refractivity contribution < 1.29 is 4.74 Å². The number of rotatable bonds is 3. The molecule has 1 N–H and O–H groups in total. The summed E-state index contributed by atoms with van der Waals surface area (Å²) in [6.45, 7) is 2.37. The molecule has 1 aromatic heterocycles. The molecular formula is C19H22N2O. The lowest BCUT2D eigenvalue weighted by atomic mass is 9.84. The number of nitrogens with one attached hydrogen (secondary N) is 1. The molecule has 4 rings (SSSR count). The molecule has 2 atom stereocenters. The molecular weight excluding hydrogens is 272 g/mol. The van der Waals surface area contributed by atoms with E-state index in [2.05, 4.69) is 16.4 Å². The Hall–Kier alpha value is -1.87. The highest BCUT2D eigenvalue weighted by atomic mass is 16.5. The third-order valence-corrected chi connectivity index (χ3v) is 5.22. The van der Waals surface area contributed by atoms with Gasteiger partial charge in [0.25, 0.3) is 0 Å². The normalized spacial score (nSPS) is 27.4. The minimum absolute atomic E-state index is 0.543. The van der Waals surface area contributed by atoms with Crippen LogP contribution in [0.5, 0.6) is 11.5 Å². The second-order valence-electron chi connectivity index (χ2n) is 6.74. The van der Waals surface area contributed by atoms with E-state index in [1.54, 1.807) is 6.20 Å². The van der Waals surface area contributed by atoms with E-state index >= 15 is 0 Å². The molecule has 2 heterocycles. The second kappa shape index (κ2) is 5.73. The van der Waals surface area contributed by atoms with Gasteiger partial charge in [0.05, 0.1) is 6.20 Å². The summed E-state index contributed by atoms with van der Waals surface area (Å²) in [5, 5.41) is 3.53. The molecule has 114 valence electrons. The highest BCUT2D eigenvalue weighted by Gasteiger charge is 2.41. The van der Waals surface area contributed by atoms with Crippen LogP contribution in [0.25, 0.3) is 0 Å². The summed E-state index contributed by atoms with van der Waals surface area (Å²) in [5.41, 5.74) is 1.87. The van der Waals surface area contributed by atoms with Crippen LogP contribution in [0.4, 0.5) is 0 Å². The molecule has 0 amide bonds. The number of benzene rings is 1. The SMILES string of the molecule is c1ccc(Oc2cncc(C3CCC4(CCNC4)C3)c2)cc1. The summed E-state index contributed by atoms with van der Waals surface area (Å²) in [7, 11) is 0. The Morgan fingerprint density at radius 3 is 2.82 bits per heavy atom. The van der Waals surface area contributed by atoms with Crippen molar-refractivity contribution in [1.29, 1.82) is 0 Å². The van der Waals surface area contributed by atoms with Crippen molar-refractivity contribution in [3.63, 3.8) is 0 Å². The molecule has 1 aliphatic heterocycles. The molecule has 1 aliphatic carbocycles. The topological polar surface area (TPSA) is 34.1 Å². The van der Waals surface area contributed by atoms with Crippen LogP contribution in [0, 0.1) is 5.41 Å². The number of pyridine rings is 1. The van der Waals surface area contributed by atoms with Gasteiger partial charge in [-0.3, -0.25) is 4.98 Å². The largest absolute Gasteiger partial charge is 0.456 e. The Morgan fingerprint density at radius 1 is 1.09 bits per heavy atom. The molecule has 1 saturated carbocycles. The fourth-order valence-corrected chi connectivity index (χ4v) is 4.01. The third-order valence-electron chi connectivity index (χ3n) is 5.22. The highest BCUT2D eigenvalue weighted by molar-refractivity contribution is 5.33. The highest BCUT2D eigenvalue weighted by Crippen LogP contribution is 2.50. The number of para-hydroxylation sites is 1. The van der Waals surface area contributed by atoms with Gasteiger partial charge in [-0.2, -0.15) is 0 Å². The maximum atomic E-state index is 5.92. The molecule has 2 unspecified atom stereocenters. The van der Waals surface area contributed by atoms with Crippen LogP contribution in [0.3, 0.4) is 0 Å². The number of ether oxygens (including phenoxy) is 1. The first kappa shape index (κ1) is 13.8. The molecule has 1 saturated heterocycles. The molecule has 2 aromatic rings. The van der Waals surface area contributed by atoms with E-state index in [1.807, 2.05) is 36.5 Å². The van der Waals surface area contributed by atoms with Crippen LogP contribution in [0.1, 0.15) is 37.2 Å². The zero-order chi connectivity index (χ0) is 14.8. The van der Waals surface area contributed by atoms with Crippen LogP contribution in [-0.4, -0.2) is 18.1 Å². The van der Waals surface area contributed by atoms with Crippen molar-refractivity contribution in [3.05, 3.63) is 54.4 Å². The van der Waals surface area contributed by atoms with Crippen molar-refractivity contribution in [2.45, 2.75) is 31.6 Å². The van der Waals surface area contributed by atoms with Gasteiger partial charge in [0.1, 0.15) is 11.5 Å². The lowest BCUT2D eigenvalue weighted by Crippen LogP contribution is -2.20. The summed E-state index contributed by atoms with van der Waals surface area (Å²) in [4.78, 5) is 4.40. The maximum Gasteiger partial charge on any atom is 0.145 e. The first-order chi connectivity index (χ1) is 10.8. The molecule has 2 aliphatic rings. The van der Waals surface area contributed by atoms with Gasteiger partial charge in [-0.1, -0.05) is 18.2 Å². The summed E-state index contributed by atoms with van der Waals surface area (Å²) in [6, 6.07) is 12.1. The minimum Gasteiger partial charge on any atom is -0.456 e. The van der Waals surface area contributed by atoms with Gasteiger partial charge in [-0.25, -0.2) is 0 Å². The van der Waals surface area contributed by atoms with Gasteiger partial charge < -0.3 is 10.1 Å². The van der Waals surface area contributed by atoms with E-state index in [0.29, 0.717) is 11.3 Å². The molecule has 0 radical (unpaired) electrons. The van der Waals surface area contributed by atoms with E-state index in [-0.39, 0.29) is 0 Å². The fraction of sp³-hybridized carbons (Fsp3) is 0.421. The Bertz CT molecular complexity index is 635. The summed E-state index contributed by atoms with van der Waals surface area (Å²) >= 11 is 0. The lowest BCUT2D eigenvalue weighted by Gasteiger charge is -2.21. The van der Waals surface area contributed by atoms with Gasteiger partial charge in [0.2, 0.25) is 0 Å². The fourth-order valence-electron chi connectivity index (χ4n) is 4.01. The first-order valence-electron chi connectivity index (χ1n) is 8.22. The number of nitrogens with zero attached hydrogens (tertiary/aromatic N) is 1. The van der Waals surface area contributed by atoms with Crippen molar-refractivity contribution in [2.24, 2.45) is 5.41 Å². The molecule has 0 bridgehead atoms. The van der Waals surface area contributed by atoms with Crippen molar-refractivity contribution >= 4 is 0 Å². The number of hydrogen-bond donors (Lipinski definition) is 1. The van der Waals surface area contributed by atoms with Crippen LogP contribution in [0.2, 0.25) is 0 Å². The average Bonchev–Trinajstić information content (AvgIpc) is 3.19. The van der Waals surface area contributed by atoms with E-state index < -0.39 is 0 Å². The smallest absolute Gasteiger partial charge is 0.145 e. The van der Waals surface area contributed by atoms with Crippen LogP contribution >= 0.6 is 0 Å². The van der Waals surface area contributed by atoms with Gasteiger partial charge in [-0.05, 0) is 67.3 Å². The van der Waals surface area contributed by atoms with Gasteiger partial charge >= 0.3 is 0 Å². The Labute approximate surface area is 131 Å². The van der Waals surface area contributed by atoms with E-state index in [1.165, 1.54) is 44.3 Å².